The van der Waals surface area contributed by atoms with E-state index in [-0.39, 0.29) is 0 Å². The molecular formula is C18H29NO. The standard InChI is InChI=1S/C18H29NO/c1-18(2,3)15-9-8-14(12-19)17(11-15)13-6-5-7-16(10-13)20-4/h5-7,10,14-15,17H,8-9,11-12,19H2,1-4H3. The van der Waals surface area contributed by atoms with Crippen LogP contribution in [0, 0.1) is 17.3 Å². The normalized spacial score (nSPS) is 27.4. The fourth-order valence-corrected chi connectivity index (χ4v) is 3.58. The molecule has 1 aromatic rings. The quantitative estimate of drug-likeness (QED) is 0.897. The number of benzene rings is 1. The summed E-state index contributed by atoms with van der Waals surface area (Å²) in [5, 5.41) is 0. The third kappa shape index (κ3) is 3.35. The highest BCUT2D eigenvalue weighted by Gasteiger charge is 2.36. The van der Waals surface area contributed by atoms with Crippen molar-refractivity contribution < 1.29 is 4.74 Å². The molecule has 1 fully saturated rings. The first-order valence-corrected chi connectivity index (χ1v) is 7.79. The smallest absolute Gasteiger partial charge is 0.119 e. The van der Waals surface area contributed by atoms with E-state index in [1.165, 1.54) is 24.8 Å². The number of nitrogens with two attached hydrogens (primary N) is 1. The second-order valence-electron chi connectivity index (χ2n) is 7.25. The van der Waals surface area contributed by atoms with Crippen molar-refractivity contribution in [3.05, 3.63) is 29.8 Å². The number of methoxy groups -OCH3 is 1. The van der Waals surface area contributed by atoms with E-state index in [9.17, 15) is 0 Å². The molecule has 2 rings (SSSR count). The maximum absolute atomic E-state index is 6.02. The fraction of sp³-hybridized carbons (Fsp3) is 0.667. The Hall–Kier alpha value is -1.02. The second-order valence-corrected chi connectivity index (χ2v) is 7.25. The molecule has 2 nitrogen and oxygen atoms in total. The van der Waals surface area contributed by atoms with Gasteiger partial charge in [0.15, 0.2) is 0 Å². The Labute approximate surface area is 123 Å². The van der Waals surface area contributed by atoms with Gasteiger partial charge in [-0.15, -0.1) is 0 Å². The zero-order chi connectivity index (χ0) is 14.8. The van der Waals surface area contributed by atoms with Crippen LogP contribution in [0.2, 0.25) is 0 Å². The lowest BCUT2D eigenvalue weighted by atomic mass is 9.64. The van der Waals surface area contributed by atoms with E-state index >= 15 is 0 Å². The highest BCUT2D eigenvalue weighted by atomic mass is 16.5. The van der Waals surface area contributed by atoms with Gasteiger partial charge in [0.2, 0.25) is 0 Å². The molecule has 0 aliphatic heterocycles. The Morgan fingerprint density at radius 3 is 2.60 bits per heavy atom. The fourth-order valence-electron chi connectivity index (χ4n) is 3.58. The largest absolute Gasteiger partial charge is 0.497 e. The molecule has 0 amide bonds. The SMILES string of the molecule is COc1cccc(C2CC(C(C)(C)C)CCC2CN)c1. The van der Waals surface area contributed by atoms with Crippen LogP contribution in [0.25, 0.3) is 0 Å². The maximum atomic E-state index is 6.02. The highest BCUT2D eigenvalue weighted by molar-refractivity contribution is 5.31. The van der Waals surface area contributed by atoms with Gasteiger partial charge in [0.1, 0.15) is 5.75 Å². The van der Waals surface area contributed by atoms with Crippen LogP contribution in [-0.2, 0) is 0 Å². The molecular weight excluding hydrogens is 246 g/mol. The summed E-state index contributed by atoms with van der Waals surface area (Å²) in [6, 6.07) is 8.55. The van der Waals surface area contributed by atoms with Crippen molar-refractivity contribution in [1.82, 2.24) is 0 Å². The van der Waals surface area contributed by atoms with E-state index < -0.39 is 0 Å². The van der Waals surface area contributed by atoms with Gasteiger partial charge in [-0.25, -0.2) is 0 Å². The Morgan fingerprint density at radius 1 is 1.25 bits per heavy atom. The van der Waals surface area contributed by atoms with Gasteiger partial charge in [-0.05, 0) is 66.7 Å². The van der Waals surface area contributed by atoms with E-state index in [0.717, 1.165) is 18.2 Å². The molecule has 0 bridgehead atoms. The Morgan fingerprint density at radius 2 is 2.00 bits per heavy atom. The van der Waals surface area contributed by atoms with E-state index in [1.54, 1.807) is 7.11 Å². The Bertz CT molecular complexity index is 435. The first-order chi connectivity index (χ1) is 9.45. The van der Waals surface area contributed by atoms with Crippen LogP contribution >= 0.6 is 0 Å². The van der Waals surface area contributed by atoms with E-state index in [0.29, 0.717) is 17.3 Å². The van der Waals surface area contributed by atoms with Gasteiger partial charge in [0.05, 0.1) is 7.11 Å². The molecule has 1 aliphatic rings. The lowest BCUT2D eigenvalue weighted by Gasteiger charge is -2.42. The first kappa shape index (κ1) is 15.4. The zero-order valence-corrected chi connectivity index (χ0v) is 13.4. The van der Waals surface area contributed by atoms with Crippen molar-refractivity contribution in [3.63, 3.8) is 0 Å². The van der Waals surface area contributed by atoms with E-state index in [1.807, 2.05) is 6.07 Å². The zero-order valence-electron chi connectivity index (χ0n) is 13.4. The molecule has 2 heteroatoms. The molecule has 1 aromatic carbocycles. The van der Waals surface area contributed by atoms with Gasteiger partial charge in [0, 0.05) is 0 Å². The number of rotatable bonds is 3. The molecule has 112 valence electrons. The molecule has 0 aromatic heterocycles. The summed E-state index contributed by atoms with van der Waals surface area (Å²) in [5.74, 6) is 2.92. The monoisotopic (exact) mass is 275 g/mol. The average molecular weight is 275 g/mol. The number of ether oxygens (including phenoxy) is 1. The van der Waals surface area contributed by atoms with Crippen LogP contribution in [0.3, 0.4) is 0 Å². The van der Waals surface area contributed by atoms with Crippen molar-refractivity contribution in [3.8, 4) is 5.75 Å². The van der Waals surface area contributed by atoms with Gasteiger partial charge in [-0.3, -0.25) is 0 Å². The van der Waals surface area contributed by atoms with Crippen molar-refractivity contribution in [2.45, 2.75) is 46.0 Å². The van der Waals surface area contributed by atoms with Gasteiger partial charge in [-0.1, -0.05) is 32.9 Å². The Kier molecular flexibility index (Phi) is 4.74. The van der Waals surface area contributed by atoms with Gasteiger partial charge < -0.3 is 10.5 Å². The lowest BCUT2D eigenvalue weighted by Crippen LogP contribution is -2.34. The lowest BCUT2D eigenvalue weighted by molar-refractivity contribution is 0.133. The third-order valence-corrected chi connectivity index (χ3v) is 5.04. The second kappa shape index (κ2) is 6.17. The first-order valence-electron chi connectivity index (χ1n) is 7.79. The van der Waals surface area contributed by atoms with Crippen molar-refractivity contribution in [1.29, 1.82) is 0 Å². The molecule has 3 atom stereocenters. The minimum Gasteiger partial charge on any atom is -0.497 e. The summed E-state index contributed by atoms with van der Waals surface area (Å²) in [4.78, 5) is 0. The van der Waals surface area contributed by atoms with Crippen molar-refractivity contribution in [2.75, 3.05) is 13.7 Å². The predicted molar refractivity (Wildman–Crippen MR) is 85.1 cm³/mol. The highest BCUT2D eigenvalue weighted by Crippen LogP contribution is 2.46. The van der Waals surface area contributed by atoms with Crippen LogP contribution in [0.15, 0.2) is 24.3 Å². The predicted octanol–water partition coefficient (Wildman–Crippen LogP) is 4.20. The van der Waals surface area contributed by atoms with Crippen LogP contribution in [-0.4, -0.2) is 13.7 Å². The molecule has 3 unspecified atom stereocenters. The molecule has 1 saturated carbocycles. The van der Waals surface area contributed by atoms with Crippen molar-refractivity contribution in [2.24, 2.45) is 23.0 Å². The molecule has 0 saturated heterocycles. The average Bonchev–Trinajstić information content (AvgIpc) is 2.45. The minimum absolute atomic E-state index is 0.386. The van der Waals surface area contributed by atoms with Gasteiger partial charge >= 0.3 is 0 Å². The summed E-state index contributed by atoms with van der Waals surface area (Å²) in [5.41, 5.74) is 7.81. The van der Waals surface area contributed by atoms with Crippen molar-refractivity contribution >= 4 is 0 Å². The molecule has 0 spiro atoms. The van der Waals surface area contributed by atoms with E-state index in [4.69, 9.17) is 10.5 Å². The van der Waals surface area contributed by atoms with Gasteiger partial charge in [0.25, 0.3) is 0 Å². The van der Waals surface area contributed by atoms with Crippen LogP contribution in [0.1, 0.15) is 51.5 Å². The van der Waals surface area contributed by atoms with Gasteiger partial charge in [-0.2, -0.15) is 0 Å². The maximum Gasteiger partial charge on any atom is 0.119 e. The molecule has 0 heterocycles. The molecule has 20 heavy (non-hydrogen) atoms. The summed E-state index contributed by atoms with van der Waals surface area (Å²) >= 11 is 0. The number of hydrogen-bond acceptors (Lipinski definition) is 2. The summed E-state index contributed by atoms with van der Waals surface area (Å²) in [7, 11) is 1.73. The summed E-state index contributed by atoms with van der Waals surface area (Å²) in [6.45, 7) is 7.88. The minimum atomic E-state index is 0.386. The topological polar surface area (TPSA) is 35.2 Å². The molecule has 0 radical (unpaired) electrons. The summed E-state index contributed by atoms with van der Waals surface area (Å²) in [6.07, 6.45) is 3.81. The number of hydrogen-bond donors (Lipinski definition) is 1. The molecule has 1 aliphatic carbocycles. The van der Waals surface area contributed by atoms with Crippen LogP contribution in [0.4, 0.5) is 0 Å². The van der Waals surface area contributed by atoms with Crippen LogP contribution < -0.4 is 10.5 Å². The summed E-state index contributed by atoms with van der Waals surface area (Å²) < 4.78 is 5.38. The Balaban J connectivity index is 2.24. The van der Waals surface area contributed by atoms with Crippen LogP contribution in [0.5, 0.6) is 5.75 Å². The van der Waals surface area contributed by atoms with E-state index in [2.05, 4.69) is 39.0 Å². The molecule has 2 N–H and O–H groups in total. The third-order valence-electron chi connectivity index (χ3n) is 5.04.